The van der Waals surface area contributed by atoms with Gasteiger partial charge < -0.3 is 9.47 Å². The summed E-state index contributed by atoms with van der Waals surface area (Å²) in [6, 6.07) is 16.5. The minimum Gasteiger partial charge on any atom is -0.460 e. The van der Waals surface area contributed by atoms with E-state index in [0.717, 1.165) is 17.5 Å². The molecule has 0 spiro atoms. The van der Waals surface area contributed by atoms with Gasteiger partial charge in [-0.05, 0) is 42.9 Å². The van der Waals surface area contributed by atoms with Crippen molar-refractivity contribution in [2.45, 2.75) is 58.8 Å². The highest BCUT2D eigenvalue weighted by molar-refractivity contribution is 5.80. The molecular weight excluding hydrogens is 392 g/mol. The Hall–Kier alpha value is -2.70. The van der Waals surface area contributed by atoms with Crippen molar-refractivity contribution >= 4 is 11.9 Å². The van der Waals surface area contributed by atoms with Crippen molar-refractivity contribution in [1.29, 1.82) is 0 Å². The summed E-state index contributed by atoms with van der Waals surface area (Å²) in [7, 11) is 1.55. The third-order valence-electron chi connectivity index (χ3n) is 5.13. The van der Waals surface area contributed by atoms with E-state index in [1.807, 2.05) is 54.6 Å². The van der Waals surface area contributed by atoms with Crippen molar-refractivity contribution in [3.63, 3.8) is 0 Å². The van der Waals surface area contributed by atoms with E-state index < -0.39 is 30.0 Å². The molecule has 0 aromatic heterocycles. The number of nitrogens with zero attached hydrogens (tertiary/aromatic N) is 1. The van der Waals surface area contributed by atoms with Gasteiger partial charge in [0.1, 0.15) is 12.7 Å². The third-order valence-corrected chi connectivity index (χ3v) is 5.13. The van der Waals surface area contributed by atoms with Gasteiger partial charge in [0, 0.05) is 7.05 Å². The minimum absolute atomic E-state index is 0.129. The number of hydrazine groups is 1. The number of carbonyl (C=O) groups is 2. The molecule has 0 saturated heterocycles. The fourth-order valence-corrected chi connectivity index (χ4v) is 3.40. The molecule has 31 heavy (non-hydrogen) atoms. The van der Waals surface area contributed by atoms with Crippen LogP contribution >= 0.6 is 0 Å². The molecule has 0 amide bonds. The topological polar surface area (TPSA) is 81.9 Å². The predicted octanol–water partition coefficient (Wildman–Crippen LogP) is 3.84. The Bertz CT molecular complexity index is 834. The molecule has 3 atom stereocenters. The number of benzene rings is 2. The molecule has 0 radical (unpaired) electrons. The Morgan fingerprint density at radius 1 is 0.903 bits per heavy atom. The van der Waals surface area contributed by atoms with Crippen LogP contribution in [0.2, 0.25) is 0 Å². The van der Waals surface area contributed by atoms with Gasteiger partial charge in [0.05, 0.1) is 5.92 Å². The molecule has 0 fully saturated rings. The monoisotopic (exact) mass is 426 g/mol. The van der Waals surface area contributed by atoms with Crippen LogP contribution in [0.4, 0.5) is 0 Å². The summed E-state index contributed by atoms with van der Waals surface area (Å²) in [5.74, 6) is 5.03. The molecule has 6 nitrogen and oxygen atoms in total. The maximum absolute atomic E-state index is 12.7. The fourth-order valence-electron chi connectivity index (χ4n) is 3.40. The molecule has 0 saturated carbocycles. The second-order valence-corrected chi connectivity index (χ2v) is 8.41. The van der Waals surface area contributed by atoms with Gasteiger partial charge in [0.2, 0.25) is 0 Å². The molecule has 6 heteroatoms. The zero-order chi connectivity index (χ0) is 23.0. The minimum atomic E-state index is -0.909. The van der Waals surface area contributed by atoms with Gasteiger partial charge in [-0.15, -0.1) is 0 Å². The molecule has 1 unspecified atom stereocenters. The van der Waals surface area contributed by atoms with E-state index in [4.69, 9.17) is 15.3 Å². The quantitative estimate of drug-likeness (QED) is 0.353. The molecule has 2 aromatic rings. The number of likely N-dealkylation sites (N-methyl/N-ethyl adjacent to an activating group) is 1. The molecule has 2 aromatic carbocycles. The SMILES string of the molecule is CC(C)Cc1ccc([C@H](C)C(=O)O[C@H](C)C(C(=O)OCc2ccccc2)N(C)N)cc1. The lowest BCUT2D eigenvalue weighted by atomic mass is 9.97. The van der Waals surface area contributed by atoms with Crippen molar-refractivity contribution in [1.82, 2.24) is 5.01 Å². The number of nitrogens with two attached hydrogens (primary N) is 1. The highest BCUT2D eigenvalue weighted by Gasteiger charge is 2.33. The van der Waals surface area contributed by atoms with Crippen molar-refractivity contribution < 1.29 is 19.1 Å². The third kappa shape index (κ3) is 7.49. The van der Waals surface area contributed by atoms with Crippen molar-refractivity contribution in [3.05, 3.63) is 71.3 Å². The lowest BCUT2D eigenvalue weighted by molar-refractivity contribution is -0.164. The van der Waals surface area contributed by atoms with Crippen molar-refractivity contribution in [2.75, 3.05) is 7.05 Å². The van der Waals surface area contributed by atoms with Crippen LogP contribution in [-0.2, 0) is 32.1 Å². The highest BCUT2D eigenvalue weighted by atomic mass is 16.6. The Kier molecular flexibility index (Phi) is 9.21. The summed E-state index contributed by atoms with van der Waals surface area (Å²) >= 11 is 0. The standard InChI is InChI=1S/C25H34N2O4/c1-17(2)15-20-11-13-22(14-12-20)18(3)24(28)31-19(4)23(27(5)26)25(29)30-16-21-9-7-6-8-10-21/h6-14,17-19,23H,15-16,26H2,1-5H3/t18-,19+,23?/m0/s1. The number of esters is 2. The van der Waals surface area contributed by atoms with Gasteiger partial charge in [-0.1, -0.05) is 68.4 Å². The first-order valence-corrected chi connectivity index (χ1v) is 10.7. The van der Waals surface area contributed by atoms with Gasteiger partial charge in [0.15, 0.2) is 6.04 Å². The number of carbonyl (C=O) groups excluding carboxylic acids is 2. The van der Waals surface area contributed by atoms with Gasteiger partial charge in [-0.2, -0.15) is 0 Å². The largest absolute Gasteiger partial charge is 0.460 e. The first-order chi connectivity index (χ1) is 14.7. The predicted molar refractivity (Wildman–Crippen MR) is 121 cm³/mol. The maximum atomic E-state index is 12.7. The van der Waals surface area contributed by atoms with E-state index in [9.17, 15) is 9.59 Å². The second-order valence-electron chi connectivity index (χ2n) is 8.41. The Balaban J connectivity index is 1.97. The van der Waals surface area contributed by atoms with Crippen LogP contribution < -0.4 is 5.84 Å². The molecule has 0 heterocycles. The number of rotatable bonds is 10. The number of ether oxygens (including phenoxy) is 2. The summed E-state index contributed by atoms with van der Waals surface area (Å²) in [5, 5.41) is 1.22. The molecule has 0 aliphatic heterocycles. The highest BCUT2D eigenvalue weighted by Crippen LogP contribution is 2.20. The lowest BCUT2D eigenvalue weighted by Gasteiger charge is -2.28. The van der Waals surface area contributed by atoms with Crippen LogP contribution in [-0.4, -0.2) is 36.1 Å². The Morgan fingerprint density at radius 2 is 1.52 bits per heavy atom. The maximum Gasteiger partial charge on any atom is 0.328 e. The van der Waals surface area contributed by atoms with Crippen LogP contribution in [0, 0.1) is 5.92 Å². The van der Waals surface area contributed by atoms with Gasteiger partial charge in [0.25, 0.3) is 0 Å². The van der Waals surface area contributed by atoms with Crippen LogP contribution in [0.25, 0.3) is 0 Å². The van der Waals surface area contributed by atoms with E-state index in [1.54, 1.807) is 20.9 Å². The van der Waals surface area contributed by atoms with Crippen LogP contribution in [0.1, 0.15) is 50.3 Å². The smallest absolute Gasteiger partial charge is 0.328 e. The van der Waals surface area contributed by atoms with Crippen molar-refractivity contribution in [2.24, 2.45) is 11.8 Å². The average molecular weight is 427 g/mol. The van der Waals surface area contributed by atoms with E-state index >= 15 is 0 Å². The van der Waals surface area contributed by atoms with Gasteiger partial charge in [-0.25, -0.2) is 5.01 Å². The van der Waals surface area contributed by atoms with E-state index in [0.29, 0.717) is 5.92 Å². The first-order valence-electron chi connectivity index (χ1n) is 10.7. The first kappa shape index (κ1) is 24.6. The van der Waals surface area contributed by atoms with Crippen LogP contribution in [0.15, 0.2) is 54.6 Å². The number of hydrogen-bond acceptors (Lipinski definition) is 6. The van der Waals surface area contributed by atoms with Gasteiger partial charge in [-0.3, -0.25) is 15.4 Å². The average Bonchev–Trinajstić information content (AvgIpc) is 2.72. The van der Waals surface area contributed by atoms with Crippen LogP contribution in [0.5, 0.6) is 0 Å². The van der Waals surface area contributed by atoms with E-state index in [2.05, 4.69) is 13.8 Å². The number of hydrogen-bond donors (Lipinski definition) is 1. The van der Waals surface area contributed by atoms with Gasteiger partial charge >= 0.3 is 11.9 Å². The normalized spacial score (nSPS) is 14.2. The lowest BCUT2D eigenvalue weighted by Crippen LogP contribution is -2.51. The van der Waals surface area contributed by atoms with Crippen LogP contribution in [0.3, 0.4) is 0 Å². The Morgan fingerprint density at radius 3 is 2.06 bits per heavy atom. The van der Waals surface area contributed by atoms with E-state index in [-0.39, 0.29) is 6.61 Å². The molecule has 168 valence electrons. The summed E-state index contributed by atoms with van der Waals surface area (Å²) in [6.07, 6.45) is 0.222. The molecule has 0 aliphatic carbocycles. The summed E-state index contributed by atoms with van der Waals surface area (Å²) in [6.45, 7) is 7.91. The molecule has 0 aliphatic rings. The summed E-state index contributed by atoms with van der Waals surface area (Å²) in [5.41, 5.74) is 2.97. The molecule has 2 N–H and O–H groups in total. The Labute approximate surface area is 185 Å². The zero-order valence-electron chi connectivity index (χ0n) is 19.1. The second kappa shape index (κ2) is 11.6. The molecular formula is C25H34N2O4. The summed E-state index contributed by atoms with van der Waals surface area (Å²) < 4.78 is 11.0. The molecule has 0 bridgehead atoms. The van der Waals surface area contributed by atoms with Crippen molar-refractivity contribution in [3.8, 4) is 0 Å². The zero-order valence-corrected chi connectivity index (χ0v) is 19.1. The van der Waals surface area contributed by atoms with E-state index in [1.165, 1.54) is 10.6 Å². The molecule has 2 rings (SSSR count). The fraction of sp³-hybridized carbons (Fsp3) is 0.440. The summed E-state index contributed by atoms with van der Waals surface area (Å²) in [4.78, 5) is 25.3.